The summed E-state index contributed by atoms with van der Waals surface area (Å²) in [4.78, 5) is 23.4. The summed E-state index contributed by atoms with van der Waals surface area (Å²) in [5.74, 6) is -0.951. The van der Waals surface area contributed by atoms with Gasteiger partial charge < -0.3 is 26.2 Å². The van der Waals surface area contributed by atoms with Gasteiger partial charge in [0.1, 0.15) is 12.1 Å². The molecule has 0 aliphatic heterocycles. The van der Waals surface area contributed by atoms with E-state index in [1.807, 2.05) is 6.92 Å². The highest BCUT2D eigenvalue weighted by Gasteiger charge is 2.25. The van der Waals surface area contributed by atoms with Crippen LogP contribution in [0.2, 0.25) is 0 Å². The summed E-state index contributed by atoms with van der Waals surface area (Å²) in [5.41, 5.74) is 5.73. The van der Waals surface area contributed by atoms with Gasteiger partial charge in [-0.25, -0.2) is 0 Å². The van der Waals surface area contributed by atoms with E-state index in [2.05, 4.69) is 10.6 Å². The van der Waals surface area contributed by atoms with E-state index in [1.54, 1.807) is 6.92 Å². The van der Waals surface area contributed by atoms with Crippen molar-refractivity contribution in [1.29, 1.82) is 0 Å². The van der Waals surface area contributed by atoms with Crippen molar-refractivity contribution < 1.29 is 19.4 Å². The first-order valence-corrected chi connectivity index (χ1v) is 6.94. The van der Waals surface area contributed by atoms with Gasteiger partial charge in [-0.1, -0.05) is 19.8 Å². The van der Waals surface area contributed by atoms with Gasteiger partial charge in [0, 0.05) is 19.7 Å². The van der Waals surface area contributed by atoms with Crippen molar-refractivity contribution in [3.8, 4) is 0 Å². The Labute approximate surface area is 132 Å². The van der Waals surface area contributed by atoms with E-state index in [0.717, 1.165) is 12.8 Å². The number of nitrogens with two attached hydrogens (primary N) is 1. The molecule has 0 saturated heterocycles. The smallest absolute Gasteiger partial charge is 0.251 e. The molecule has 8 heteroatoms. The number of unbranched alkanes of at least 4 members (excludes halogenated alkanes) is 1. The summed E-state index contributed by atoms with van der Waals surface area (Å²) in [7, 11) is 1.53. The van der Waals surface area contributed by atoms with E-state index >= 15 is 0 Å². The fraction of sp³-hybridized carbons (Fsp3) is 0.846. The van der Waals surface area contributed by atoms with E-state index in [0.29, 0.717) is 19.6 Å². The maximum atomic E-state index is 11.7. The van der Waals surface area contributed by atoms with Crippen LogP contribution < -0.4 is 16.4 Å². The van der Waals surface area contributed by atoms with Gasteiger partial charge >= 0.3 is 0 Å². The molecule has 5 N–H and O–H groups in total. The standard InChI is InChI=1S/C13H27N3O4.ClH/c1-4-5-6-10(14)11(17)13(19)16-9(2)12(18)15-7-8-20-3;/h9-11,17H,4-8,14H2,1-3H3,(H,15,18)(H,16,19);1H/t9-,10+,11?;/m0./s1. The third-order valence-electron chi connectivity index (χ3n) is 2.92. The molecular formula is C13H28ClN3O4. The molecule has 0 rings (SSSR count). The molecule has 0 aromatic heterocycles. The SMILES string of the molecule is CCCC[C@@H](N)C(O)C(=O)N[C@@H](C)C(=O)NCCOC.Cl. The topological polar surface area (TPSA) is 114 Å². The molecule has 1 unspecified atom stereocenters. The number of carbonyl (C=O) groups excluding carboxylic acids is 2. The molecule has 2 amide bonds. The number of amides is 2. The van der Waals surface area contributed by atoms with E-state index in [1.165, 1.54) is 7.11 Å². The van der Waals surface area contributed by atoms with Crippen molar-refractivity contribution in [1.82, 2.24) is 10.6 Å². The van der Waals surface area contributed by atoms with Crippen LogP contribution in [-0.2, 0) is 14.3 Å². The number of carbonyl (C=O) groups is 2. The van der Waals surface area contributed by atoms with Crippen molar-refractivity contribution in [2.75, 3.05) is 20.3 Å². The van der Waals surface area contributed by atoms with Crippen molar-refractivity contribution in [2.24, 2.45) is 5.73 Å². The molecule has 0 bridgehead atoms. The summed E-state index contributed by atoms with van der Waals surface area (Å²) >= 11 is 0. The lowest BCUT2D eigenvalue weighted by molar-refractivity contribution is -0.134. The molecule has 126 valence electrons. The average Bonchev–Trinajstić information content (AvgIpc) is 2.43. The lowest BCUT2D eigenvalue weighted by Crippen LogP contribution is -2.52. The Morgan fingerprint density at radius 1 is 1.33 bits per heavy atom. The first-order chi connectivity index (χ1) is 9.43. The highest BCUT2D eigenvalue weighted by molar-refractivity contribution is 5.89. The Bertz CT molecular complexity index is 305. The number of hydrogen-bond acceptors (Lipinski definition) is 5. The Morgan fingerprint density at radius 2 is 1.95 bits per heavy atom. The zero-order chi connectivity index (χ0) is 15.5. The highest BCUT2D eigenvalue weighted by atomic mass is 35.5. The number of rotatable bonds is 10. The summed E-state index contributed by atoms with van der Waals surface area (Å²) in [6.07, 6.45) is 1.06. The van der Waals surface area contributed by atoms with Crippen LogP contribution >= 0.6 is 12.4 Å². The van der Waals surface area contributed by atoms with Gasteiger partial charge in [-0.2, -0.15) is 0 Å². The summed E-state index contributed by atoms with van der Waals surface area (Å²) in [6, 6.07) is -1.34. The van der Waals surface area contributed by atoms with Gasteiger partial charge in [0.15, 0.2) is 0 Å². The fourth-order valence-corrected chi connectivity index (χ4v) is 1.59. The van der Waals surface area contributed by atoms with Gasteiger partial charge in [-0.15, -0.1) is 12.4 Å². The molecule has 0 aliphatic carbocycles. The number of methoxy groups -OCH3 is 1. The second kappa shape index (κ2) is 12.8. The number of hydrogen-bond donors (Lipinski definition) is 4. The summed E-state index contributed by atoms with van der Waals surface area (Å²) in [6.45, 7) is 4.32. The van der Waals surface area contributed by atoms with Crippen LogP contribution in [0.15, 0.2) is 0 Å². The van der Waals surface area contributed by atoms with Crippen molar-refractivity contribution in [2.45, 2.75) is 51.3 Å². The molecule has 0 aromatic carbocycles. The molecular weight excluding hydrogens is 298 g/mol. The van der Waals surface area contributed by atoms with Crippen LogP contribution in [0.1, 0.15) is 33.1 Å². The number of ether oxygens (including phenoxy) is 1. The predicted molar refractivity (Wildman–Crippen MR) is 83.2 cm³/mol. The molecule has 0 aromatic rings. The van der Waals surface area contributed by atoms with Crippen LogP contribution in [0, 0.1) is 0 Å². The fourth-order valence-electron chi connectivity index (χ4n) is 1.59. The zero-order valence-corrected chi connectivity index (χ0v) is 13.7. The van der Waals surface area contributed by atoms with Crippen molar-refractivity contribution in [3.63, 3.8) is 0 Å². The normalized spacial score (nSPS) is 14.5. The Kier molecular flexibility index (Phi) is 13.7. The number of halogens is 1. The third-order valence-corrected chi connectivity index (χ3v) is 2.92. The Balaban J connectivity index is 0. The lowest BCUT2D eigenvalue weighted by Gasteiger charge is -2.20. The predicted octanol–water partition coefficient (Wildman–Crippen LogP) is -0.446. The van der Waals surface area contributed by atoms with Gasteiger partial charge in [0.05, 0.1) is 6.61 Å². The monoisotopic (exact) mass is 325 g/mol. The molecule has 0 saturated carbocycles. The molecule has 7 nitrogen and oxygen atoms in total. The van der Waals surface area contributed by atoms with Crippen molar-refractivity contribution >= 4 is 24.2 Å². The van der Waals surface area contributed by atoms with Crippen LogP contribution in [-0.4, -0.2) is 55.4 Å². The van der Waals surface area contributed by atoms with Crippen LogP contribution in [0.3, 0.4) is 0 Å². The highest BCUT2D eigenvalue weighted by Crippen LogP contribution is 2.03. The molecule has 0 fully saturated rings. The van der Waals surface area contributed by atoms with Gasteiger partial charge in [0.2, 0.25) is 5.91 Å². The number of aliphatic hydroxyl groups excluding tert-OH is 1. The maximum absolute atomic E-state index is 11.7. The Morgan fingerprint density at radius 3 is 2.48 bits per heavy atom. The maximum Gasteiger partial charge on any atom is 0.251 e. The summed E-state index contributed by atoms with van der Waals surface area (Å²) in [5, 5.41) is 14.8. The average molecular weight is 326 g/mol. The molecule has 0 aliphatic rings. The van der Waals surface area contributed by atoms with Gasteiger partial charge in [-0.3, -0.25) is 9.59 Å². The number of nitrogens with one attached hydrogen (secondary N) is 2. The van der Waals surface area contributed by atoms with Crippen LogP contribution in [0.4, 0.5) is 0 Å². The largest absolute Gasteiger partial charge is 0.383 e. The van der Waals surface area contributed by atoms with Crippen LogP contribution in [0.5, 0.6) is 0 Å². The minimum Gasteiger partial charge on any atom is -0.383 e. The molecule has 0 heterocycles. The van der Waals surface area contributed by atoms with E-state index in [4.69, 9.17) is 10.5 Å². The minimum absolute atomic E-state index is 0. The molecule has 0 spiro atoms. The minimum atomic E-state index is -1.30. The van der Waals surface area contributed by atoms with Gasteiger partial charge in [0.25, 0.3) is 5.91 Å². The van der Waals surface area contributed by atoms with Crippen LogP contribution in [0.25, 0.3) is 0 Å². The first-order valence-electron chi connectivity index (χ1n) is 6.94. The first kappa shape index (κ1) is 22.4. The van der Waals surface area contributed by atoms with Crippen molar-refractivity contribution in [3.05, 3.63) is 0 Å². The second-order valence-corrected chi connectivity index (χ2v) is 4.77. The quantitative estimate of drug-likeness (QED) is 0.406. The molecule has 21 heavy (non-hydrogen) atoms. The lowest BCUT2D eigenvalue weighted by atomic mass is 10.0. The zero-order valence-electron chi connectivity index (χ0n) is 12.9. The van der Waals surface area contributed by atoms with E-state index < -0.39 is 24.1 Å². The number of aliphatic hydroxyl groups is 1. The van der Waals surface area contributed by atoms with Gasteiger partial charge in [-0.05, 0) is 13.3 Å². The third kappa shape index (κ3) is 9.62. The van der Waals surface area contributed by atoms with E-state index in [-0.39, 0.29) is 18.3 Å². The molecule has 3 atom stereocenters. The Hall–Kier alpha value is -0.890. The van der Waals surface area contributed by atoms with E-state index in [9.17, 15) is 14.7 Å². The molecule has 0 radical (unpaired) electrons. The second-order valence-electron chi connectivity index (χ2n) is 4.77. The summed E-state index contributed by atoms with van der Waals surface area (Å²) < 4.78 is 4.80.